The largest absolute Gasteiger partial charge is 0.467 e. The molecule has 0 aromatic heterocycles. The Hall–Kier alpha value is -1.26. The Balaban J connectivity index is 2.81. The van der Waals surface area contributed by atoms with Crippen molar-refractivity contribution in [3.63, 3.8) is 0 Å². The number of hydrogen-bond acceptors (Lipinski definition) is 3. The number of hydrogen-bond donors (Lipinski definition) is 1. The monoisotopic (exact) mass is 331 g/mol. The molecule has 1 rings (SSSR count). The van der Waals surface area contributed by atoms with Crippen LogP contribution in [-0.2, 0) is 20.7 Å². The van der Waals surface area contributed by atoms with Crippen molar-refractivity contribution in [3.8, 4) is 0 Å². The van der Waals surface area contributed by atoms with Gasteiger partial charge in [-0.3, -0.25) is 4.79 Å². The summed E-state index contributed by atoms with van der Waals surface area (Å²) in [6.07, 6.45) is 0.759. The van der Waals surface area contributed by atoms with Crippen molar-refractivity contribution in [1.29, 1.82) is 0 Å². The van der Waals surface area contributed by atoms with Gasteiger partial charge in [0, 0.05) is 10.0 Å². The highest BCUT2D eigenvalue weighted by atomic mass is 35.5. The summed E-state index contributed by atoms with van der Waals surface area (Å²) in [4.78, 5) is 23.9. The van der Waals surface area contributed by atoms with Gasteiger partial charge in [-0.15, -0.1) is 0 Å². The van der Waals surface area contributed by atoms with Gasteiger partial charge in [-0.25, -0.2) is 4.79 Å². The third-order valence-electron chi connectivity index (χ3n) is 3.38. The molecule has 0 saturated heterocycles. The molecule has 1 amide bonds. The van der Waals surface area contributed by atoms with Crippen molar-refractivity contribution in [1.82, 2.24) is 5.32 Å². The predicted octanol–water partition coefficient (Wildman–Crippen LogP) is 3.24. The van der Waals surface area contributed by atoms with Crippen LogP contribution in [0.4, 0.5) is 0 Å². The number of halogens is 2. The van der Waals surface area contributed by atoms with E-state index < -0.39 is 12.0 Å². The van der Waals surface area contributed by atoms with Gasteiger partial charge in [0.05, 0.1) is 13.5 Å². The molecule has 0 aliphatic carbocycles. The number of rotatable bonds is 6. The molecule has 0 heterocycles. The van der Waals surface area contributed by atoms with E-state index in [0.717, 1.165) is 6.42 Å². The lowest BCUT2D eigenvalue weighted by atomic mass is 9.99. The number of methoxy groups -OCH3 is 1. The molecule has 0 unspecified atom stereocenters. The lowest BCUT2D eigenvalue weighted by Gasteiger charge is -2.22. The van der Waals surface area contributed by atoms with Crippen molar-refractivity contribution < 1.29 is 14.3 Å². The van der Waals surface area contributed by atoms with Crippen LogP contribution in [0.2, 0.25) is 10.0 Å². The molecule has 6 heteroatoms. The molecule has 0 fully saturated rings. The molecule has 1 aromatic carbocycles. The van der Waals surface area contributed by atoms with E-state index in [1.54, 1.807) is 18.2 Å². The molecular weight excluding hydrogens is 313 g/mol. The highest BCUT2D eigenvalue weighted by Gasteiger charge is 2.27. The van der Waals surface area contributed by atoms with Gasteiger partial charge in [0.15, 0.2) is 0 Å². The molecule has 0 aliphatic heterocycles. The number of benzene rings is 1. The van der Waals surface area contributed by atoms with Crippen LogP contribution in [-0.4, -0.2) is 25.0 Å². The second kappa shape index (κ2) is 8.25. The third kappa shape index (κ3) is 4.90. The van der Waals surface area contributed by atoms with Gasteiger partial charge in [0.2, 0.25) is 5.91 Å². The Kier molecular flexibility index (Phi) is 6.99. The van der Waals surface area contributed by atoms with Crippen molar-refractivity contribution in [2.45, 2.75) is 32.7 Å². The highest BCUT2D eigenvalue weighted by molar-refractivity contribution is 6.36. The number of esters is 1. The molecule has 0 saturated carbocycles. The standard InChI is InChI=1S/C15H19Cl2NO3/c1-4-9(2)14(15(20)21-3)18-13(19)8-10-11(16)6-5-7-12(10)17/h5-7,9,14H,4,8H2,1-3H3,(H,18,19)/t9-,14+/m0/s1. The van der Waals surface area contributed by atoms with E-state index >= 15 is 0 Å². The zero-order chi connectivity index (χ0) is 16.0. The predicted molar refractivity (Wildman–Crippen MR) is 83.6 cm³/mol. The molecule has 0 radical (unpaired) electrons. The first-order chi connectivity index (χ1) is 9.90. The van der Waals surface area contributed by atoms with E-state index in [-0.39, 0.29) is 18.2 Å². The Bertz CT molecular complexity index is 499. The van der Waals surface area contributed by atoms with Crippen LogP contribution in [0, 0.1) is 5.92 Å². The third-order valence-corrected chi connectivity index (χ3v) is 4.09. The Morgan fingerprint density at radius 3 is 2.33 bits per heavy atom. The van der Waals surface area contributed by atoms with Crippen molar-refractivity contribution in [3.05, 3.63) is 33.8 Å². The van der Waals surface area contributed by atoms with E-state index in [9.17, 15) is 9.59 Å². The number of carbonyl (C=O) groups excluding carboxylic acids is 2. The Morgan fingerprint density at radius 2 is 1.86 bits per heavy atom. The molecule has 2 atom stereocenters. The van der Waals surface area contributed by atoms with Crippen LogP contribution < -0.4 is 5.32 Å². The molecule has 4 nitrogen and oxygen atoms in total. The van der Waals surface area contributed by atoms with E-state index in [2.05, 4.69) is 5.32 Å². The van der Waals surface area contributed by atoms with Crippen molar-refractivity contribution >= 4 is 35.1 Å². The lowest BCUT2D eigenvalue weighted by molar-refractivity contribution is -0.146. The summed E-state index contributed by atoms with van der Waals surface area (Å²) >= 11 is 12.1. The fourth-order valence-corrected chi connectivity index (χ4v) is 2.41. The summed E-state index contributed by atoms with van der Waals surface area (Å²) in [7, 11) is 1.30. The van der Waals surface area contributed by atoms with Crippen LogP contribution in [0.15, 0.2) is 18.2 Å². The second-order valence-corrected chi connectivity index (χ2v) is 5.65. The molecular formula is C15H19Cl2NO3. The van der Waals surface area contributed by atoms with Crippen LogP contribution in [0.3, 0.4) is 0 Å². The van der Waals surface area contributed by atoms with Gasteiger partial charge in [-0.05, 0) is 23.6 Å². The number of nitrogens with one attached hydrogen (secondary N) is 1. The normalized spacial score (nSPS) is 13.4. The number of amides is 1. The first-order valence-corrected chi connectivity index (χ1v) is 7.46. The molecule has 21 heavy (non-hydrogen) atoms. The second-order valence-electron chi connectivity index (χ2n) is 4.83. The fourth-order valence-electron chi connectivity index (χ4n) is 1.88. The summed E-state index contributed by atoms with van der Waals surface area (Å²) in [6, 6.07) is 4.38. The summed E-state index contributed by atoms with van der Waals surface area (Å²) in [6.45, 7) is 3.82. The minimum atomic E-state index is -0.672. The summed E-state index contributed by atoms with van der Waals surface area (Å²) < 4.78 is 4.73. The highest BCUT2D eigenvalue weighted by Crippen LogP contribution is 2.24. The van der Waals surface area contributed by atoms with Crippen LogP contribution in [0.1, 0.15) is 25.8 Å². The number of carbonyl (C=O) groups is 2. The van der Waals surface area contributed by atoms with Gasteiger partial charge < -0.3 is 10.1 Å². The topological polar surface area (TPSA) is 55.4 Å². The zero-order valence-electron chi connectivity index (χ0n) is 12.3. The molecule has 0 spiro atoms. The molecule has 0 aliphatic rings. The summed E-state index contributed by atoms with van der Waals surface area (Å²) in [5, 5.41) is 3.54. The quantitative estimate of drug-likeness (QED) is 0.814. The SMILES string of the molecule is CC[C@H](C)[C@@H](NC(=O)Cc1c(Cl)cccc1Cl)C(=O)OC. The minimum Gasteiger partial charge on any atom is -0.467 e. The van der Waals surface area contributed by atoms with Crippen LogP contribution >= 0.6 is 23.2 Å². The van der Waals surface area contributed by atoms with E-state index in [1.165, 1.54) is 7.11 Å². The van der Waals surface area contributed by atoms with Crippen LogP contribution in [0.25, 0.3) is 0 Å². The fraction of sp³-hybridized carbons (Fsp3) is 0.467. The Morgan fingerprint density at radius 1 is 1.29 bits per heavy atom. The average Bonchev–Trinajstić information content (AvgIpc) is 2.47. The first-order valence-electron chi connectivity index (χ1n) is 6.70. The van der Waals surface area contributed by atoms with Crippen molar-refractivity contribution in [2.24, 2.45) is 5.92 Å². The summed E-state index contributed by atoms with van der Waals surface area (Å²) in [5.41, 5.74) is 0.547. The van der Waals surface area contributed by atoms with Crippen LogP contribution in [0.5, 0.6) is 0 Å². The van der Waals surface area contributed by atoms with E-state index in [1.807, 2.05) is 13.8 Å². The van der Waals surface area contributed by atoms with Gasteiger partial charge in [-0.1, -0.05) is 49.5 Å². The van der Waals surface area contributed by atoms with Gasteiger partial charge in [0.25, 0.3) is 0 Å². The van der Waals surface area contributed by atoms with Gasteiger partial charge in [-0.2, -0.15) is 0 Å². The zero-order valence-corrected chi connectivity index (χ0v) is 13.8. The lowest BCUT2D eigenvalue weighted by Crippen LogP contribution is -2.46. The van der Waals surface area contributed by atoms with E-state index in [0.29, 0.717) is 15.6 Å². The molecule has 116 valence electrons. The maximum atomic E-state index is 12.1. The summed E-state index contributed by atoms with van der Waals surface area (Å²) in [5.74, 6) is -0.799. The van der Waals surface area contributed by atoms with Gasteiger partial charge in [0.1, 0.15) is 6.04 Å². The maximum absolute atomic E-state index is 12.1. The molecule has 0 bridgehead atoms. The smallest absolute Gasteiger partial charge is 0.328 e. The van der Waals surface area contributed by atoms with Gasteiger partial charge >= 0.3 is 5.97 Å². The molecule has 1 N–H and O–H groups in total. The van der Waals surface area contributed by atoms with E-state index in [4.69, 9.17) is 27.9 Å². The number of ether oxygens (including phenoxy) is 1. The first kappa shape index (κ1) is 17.8. The minimum absolute atomic E-state index is 0.0163. The van der Waals surface area contributed by atoms with Crippen molar-refractivity contribution in [2.75, 3.05) is 7.11 Å². The maximum Gasteiger partial charge on any atom is 0.328 e. The Labute approximate surface area is 134 Å². The molecule has 1 aromatic rings. The average molecular weight is 332 g/mol.